The van der Waals surface area contributed by atoms with Crippen LogP contribution in [-0.4, -0.2) is 32.8 Å². The number of nitrogens with one attached hydrogen (secondary N) is 1. The molecule has 6 nitrogen and oxygen atoms in total. The number of hydrogen-bond acceptors (Lipinski definition) is 5. The van der Waals surface area contributed by atoms with Crippen molar-refractivity contribution in [1.82, 2.24) is 15.2 Å². The van der Waals surface area contributed by atoms with E-state index in [4.69, 9.17) is 5.11 Å². The van der Waals surface area contributed by atoms with Crippen LogP contribution in [0.2, 0.25) is 0 Å². The molecular weight excluding hydrogens is 220 g/mol. The summed E-state index contributed by atoms with van der Waals surface area (Å²) in [6.45, 7) is 4.06. The molecule has 1 aliphatic rings. The molecule has 1 fully saturated rings. The van der Waals surface area contributed by atoms with Crippen molar-refractivity contribution in [2.75, 3.05) is 11.9 Å². The minimum Gasteiger partial charge on any atom is -0.481 e. The Balaban J connectivity index is 2.02. The standard InChI is InChI=1S/C11H16N4O2/c1-7-8(2)14-15-10(13-7)12-6-11(9(16)17)4-3-5-11/h3-6H2,1-2H3,(H,16,17)(H,12,13,15). The van der Waals surface area contributed by atoms with Crippen LogP contribution in [0.5, 0.6) is 0 Å². The number of carboxylic acid groups (broad SMARTS) is 1. The van der Waals surface area contributed by atoms with E-state index in [0.29, 0.717) is 25.3 Å². The molecule has 0 spiro atoms. The van der Waals surface area contributed by atoms with Gasteiger partial charge in [0.25, 0.3) is 0 Å². The first-order valence-electron chi connectivity index (χ1n) is 5.69. The highest BCUT2D eigenvalue weighted by molar-refractivity contribution is 5.76. The lowest BCUT2D eigenvalue weighted by Gasteiger charge is -2.37. The molecule has 2 rings (SSSR count). The van der Waals surface area contributed by atoms with Gasteiger partial charge in [0.05, 0.1) is 16.8 Å². The lowest BCUT2D eigenvalue weighted by Crippen LogP contribution is -2.43. The number of carboxylic acids is 1. The van der Waals surface area contributed by atoms with Crippen LogP contribution in [0.15, 0.2) is 0 Å². The van der Waals surface area contributed by atoms with Crippen molar-refractivity contribution in [3.05, 3.63) is 11.4 Å². The fraction of sp³-hybridized carbons (Fsp3) is 0.636. The predicted octanol–water partition coefficient (Wildman–Crippen LogP) is 1.16. The average molecular weight is 236 g/mol. The maximum absolute atomic E-state index is 11.1. The smallest absolute Gasteiger partial charge is 0.311 e. The first-order chi connectivity index (χ1) is 8.03. The largest absolute Gasteiger partial charge is 0.481 e. The molecule has 0 aromatic carbocycles. The third-order valence-corrected chi connectivity index (χ3v) is 3.44. The van der Waals surface area contributed by atoms with Gasteiger partial charge in [-0.05, 0) is 26.7 Å². The molecule has 1 aromatic rings. The van der Waals surface area contributed by atoms with E-state index in [0.717, 1.165) is 17.8 Å². The zero-order chi connectivity index (χ0) is 12.5. The van der Waals surface area contributed by atoms with Crippen LogP contribution in [0, 0.1) is 19.3 Å². The van der Waals surface area contributed by atoms with E-state index in [2.05, 4.69) is 20.5 Å². The molecule has 0 radical (unpaired) electrons. The quantitative estimate of drug-likeness (QED) is 0.815. The third-order valence-electron chi connectivity index (χ3n) is 3.44. The van der Waals surface area contributed by atoms with E-state index in [1.807, 2.05) is 13.8 Å². The first kappa shape index (κ1) is 11.8. The van der Waals surface area contributed by atoms with E-state index in [1.165, 1.54) is 0 Å². The van der Waals surface area contributed by atoms with Crippen LogP contribution >= 0.6 is 0 Å². The molecular formula is C11H16N4O2. The Kier molecular flexibility index (Phi) is 2.95. The lowest BCUT2D eigenvalue weighted by atomic mass is 9.69. The molecule has 2 N–H and O–H groups in total. The van der Waals surface area contributed by atoms with Crippen molar-refractivity contribution in [1.29, 1.82) is 0 Å². The molecule has 1 saturated carbocycles. The van der Waals surface area contributed by atoms with Crippen molar-refractivity contribution in [3.63, 3.8) is 0 Å². The number of anilines is 1. The molecule has 0 unspecified atom stereocenters. The summed E-state index contributed by atoms with van der Waals surface area (Å²) >= 11 is 0. The molecule has 92 valence electrons. The highest BCUT2D eigenvalue weighted by Crippen LogP contribution is 2.41. The number of hydrogen-bond donors (Lipinski definition) is 2. The normalized spacial score (nSPS) is 17.3. The molecule has 1 aliphatic carbocycles. The summed E-state index contributed by atoms with van der Waals surface area (Å²) in [7, 11) is 0. The second kappa shape index (κ2) is 4.27. The third kappa shape index (κ3) is 2.20. The van der Waals surface area contributed by atoms with Gasteiger partial charge in [0.15, 0.2) is 0 Å². The van der Waals surface area contributed by atoms with Crippen LogP contribution in [-0.2, 0) is 4.79 Å². The van der Waals surface area contributed by atoms with E-state index in [1.54, 1.807) is 0 Å². The van der Waals surface area contributed by atoms with Gasteiger partial charge in [-0.1, -0.05) is 6.42 Å². The Labute approximate surface area is 99.5 Å². The summed E-state index contributed by atoms with van der Waals surface area (Å²) < 4.78 is 0. The maximum Gasteiger partial charge on any atom is 0.311 e. The fourth-order valence-electron chi connectivity index (χ4n) is 1.85. The minimum atomic E-state index is -0.743. The van der Waals surface area contributed by atoms with Crippen molar-refractivity contribution >= 4 is 11.9 Å². The second-order valence-corrected chi connectivity index (χ2v) is 4.60. The van der Waals surface area contributed by atoms with Gasteiger partial charge >= 0.3 is 5.97 Å². The molecule has 6 heteroatoms. The Morgan fingerprint density at radius 2 is 2.06 bits per heavy atom. The van der Waals surface area contributed by atoms with Gasteiger partial charge in [-0.2, -0.15) is 5.10 Å². The van der Waals surface area contributed by atoms with Crippen LogP contribution in [0.3, 0.4) is 0 Å². The Bertz CT molecular complexity index is 443. The van der Waals surface area contributed by atoms with Crippen LogP contribution in [0.4, 0.5) is 5.95 Å². The fourth-order valence-corrected chi connectivity index (χ4v) is 1.85. The number of carbonyl (C=O) groups is 1. The van der Waals surface area contributed by atoms with Crippen molar-refractivity contribution in [3.8, 4) is 0 Å². The highest BCUT2D eigenvalue weighted by atomic mass is 16.4. The predicted molar refractivity (Wildman–Crippen MR) is 61.7 cm³/mol. The van der Waals surface area contributed by atoms with E-state index < -0.39 is 11.4 Å². The Morgan fingerprint density at radius 3 is 2.53 bits per heavy atom. The highest BCUT2D eigenvalue weighted by Gasteiger charge is 2.44. The molecule has 0 bridgehead atoms. The summed E-state index contributed by atoms with van der Waals surface area (Å²) in [5, 5.41) is 20.0. The van der Waals surface area contributed by atoms with Gasteiger partial charge in [-0.3, -0.25) is 4.79 Å². The molecule has 0 saturated heterocycles. The molecule has 0 atom stereocenters. The zero-order valence-corrected chi connectivity index (χ0v) is 10.0. The average Bonchev–Trinajstić information content (AvgIpc) is 2.21. The zero-order valence-electron chi connectivity index (χ0n) is 10.0. The van der Waals surface area contributed by atoms with Gasteiger partial charge < -0.3 is 10.4 Å². The number of aromatic nitrogens is 3. The first-order valence-corrected chi connectivity index (χ1v) is 5.69. The van der Waals surface area contributed by atoms with E-state index in [-0.39, 0.29) is 0 Å². The van der Waals surface area contributed by atoms with Gasteiger partial charge in [-0.25, -0.2) is 4.98 Å². The van der Waals surface area contributed by atoms with E-state index >= 15 is 0 Å². The van der Waals surface area contributed by atoms with E-state index in [9.17, 15) is 4.79 Å². The van der Waals surface area contributed by atoms with Gasteiger partial charge in [0.2, 0.25) is 5.95 Å². The molecule has 1 heterocycles. The number of nitrogens with zero attached hydrogens (tertiary/aromatic N) is 3. The van der Waals surface area contributed by atoms with Crippen molar-refractivity contribution in [2.24, 2.45) is 5.41 Å². The lowest BCUT2D eigenvalue weighted by molar-refractivity contribution is -0.153. The molecule has 1 aromatic heterocycles. The van der Waals surface area contributed by atoms with Crippen LogP contribution in [0.1, 0.15) is 30.7 Å². The van der Waals surface area contributed by atoms with Crippen LogP contribution in [0.25, 0.3) is 0 Å². The number of rotatable bonds is 4. The summed E-state index contributed by atoms with van der Waals surface area (Å²) in [6.07, 6.45) is 2.40. The minimum absolute atomic E-state index is 0.368. The molecule has 0 amide bonds. The summed E-state index contributed by atoms with van der Waals surface area (Å²) in [4.78, 5) is 15.4. The van der Waals surface area contributed by atoms with Crippen molar-refractivity contribution < 1.29 is 9.90 Å². The molecule has 17 heavy (non-hydrogen) atoms. The topological polar surface area (TPSA) is 88.0 Å². The Morgan fingerprint density at radius 1 is 1.35 bits per heavy atom. The SMILES string of the molecule is Cc1nnc(NCC2(C(=O)O)CCC2)nc1C. The number of aryl methyl sites for hydroxylation is 2. The van der Waals surface area contributed by atoms with Crippen molar-refractivity contribution in [2.45, 2.75) is 33.1 Å². The summed E-state index contributed by atoms with van der Waals surface area (Å²) in [6, 6.07) is 0. The Hall–Kier alpha value is -1.72. The maximum atomic E-state index is 11.1. The summed E-state index contributed by atoms with van der Waals surface area (Å²) in [5.74, 6) is -0.339. The molecule has 0 aliphatic heterocycles. The van der Waals surface area contributed by atoms with Gasteiger partial charge in [0, 0.05) is 6.54 Å². The second-order valence-electron chi connectivity index (χ2n) is 4.60. The summed E-state index contributed by atoms with van der Waals surface area (Å²) in [5.41, 5.74) is 0.954. The van der Waals surface area contributed by atoms with Gasteiger partial charge in [0.1, 0.15) is 0 Å². The monoisotopic (exact) mass is 236 g/mol. The van der Waals surface area contributed by atoms with Crippen LogP contribution < -0.4 is 5.32 Å². The number of aliphatic carboxylic acids is 1. The van der Waals surface area contributed by atoms with Gasteiger partial charge in [-0.15, -0.1) is 5.10 Å².